The molecule has 9 atom stereocenters. The lowest BCUT2D eigenvalue weighted by Crippen LogP contribution is -2.57. The number of nitrogens with zero attached hydrogens (tertiary/aromatic N) is 5. The van der Waals surface area contributed by atoms with Crippen molar-refractivity contribution in [2.75, 3.05) is 19.9 Å². The molecule has 2 aromatic rings. The molecule has 4 heterocycles. The van der Waals surface area contributed by atoms with Crippen LogP contribution < -0.4 is 0 Å². The van der Waals surface area contributed by atoms with E-state index in [0.717, 1.165) is 5.56 Å². The fourth-order valence-corrected chi connectivity index (χ4v) is 7.14. The number of fused-ring (bicyclic) bond motifs is 5. The van der Waals surface area contributed by atoms with E-state index in [-0.39, 0.29) is 56.5 Å². The van der Waals surface area contributed by atoms with Crippen LogP contribution in [0.4, 0.5) is 0 Å². The molecule has 2 fully saturated rings. The maximum Gasteiger partial charge on any atom is 0.316 e. The number of ether oxygens (including phenoxy) is 4. The molecule has 50 heavy (non-hydrogen) atoms. The lowest BCUT2D eigenvalue weighted by molar-refractivity contribution is -0.192. The van der Waals surface area contributed by atoms with Crippen LogP contribution in [0, 0.1) is 29.6 Å². The van der Waals surface area contributed by atoms with E-state index < -0.39 is 47.1 Å². The van der Waals surface area contributed by atoms with Crippen LogP contribution in [0.5, 0.6) is 0 Å². The molecule has 0 aliphatic carbocycles. The van der Waals surface area contributed by atoms with Crippen LogP contribution in [-0.2, 0) is 39.9 Å². The third-order valence-corrected chi connectivity index (χ3v) is 10.4. The summed E-state index contributed by atoms with van der Waals surface area (Å²) in [6, 6.07) is 5.59. The summed E-state index contributed by atoms with van der Waals surface area (Å²) in [5.74, 6) is -3.56. The number of Topliss-reactive ketones (excluding diaryl/α,β-unsaturated/α-hetero) is 1. The van der Waals surface area contributed by atoms with Gasteiger partial charge in [0.25, 0.3) is 0 Å². The Morgan fingerprint density at radius 3 is 2.48 bits per heavy atom. The number of carbonyl (C=O) groups is 3. The monoisotopic (exact) mass is 695 g/mol. The van der Waals surface area contributed by atoms with Crippen molar-refractivity contribution < 1.29 is 38.4 Å². The van der Waals surface area contributed by atoms with E-state index in [1.54, 1.807) is 44.8 Å². The molecular weight excluding hydrogens is 642 g/mol. The average molecular weight is 696 g/mol. The van der Waals surface area contributed by atoms with Gasteiger partial charge in [-0.05, 0) is 63.1 Å². The van der Waals surface area contributed by atoms with Gasteiger partial charge in [0.2, 0.25) is 5.91 Å². The number of aromatic nitrogens is 3. The Morgan fingerprint density at radius 2 is 1.86 bits per heavy atom. The van der Waals surface area contributed by atoms with Gasteiger partial charge in [0, 0.05) is 43.1 Å². The summed E-state index contributed by atoms with van der Waals surface area (Å²) in [5, 5.41) is 16.4. The van der Waals surface area contributed by atoms with Gasteiger partial charge in [-0.1, -0.05) is 40.7 Å². The van der Waals surface area contributed by atoms with E-state index in [1.165, 1.54) is 6.92 Å². The number of rotatable bonds is 6. The van der Waals surface area contributed by atoms with Gasteiger partial charge in [0.05, 0.1) is 37.2 Å². The Morgan fingerprint density at radius 1 is 1.12 bits per heavy atom. The molecule has 2 saturated heterocycles. The fraction of sp³-hybridized carbons (Fsp3) is 0.649. The highest BCUT2D eigenvalue weighted by Gasteiger charge is 2.50. The van der Waals surface area contributed by atoms with Crippen molar-refractivity contribution in [3.63, 3.8) is 0 Å². The molecular formula is C37H53N5O8. The Balaban J connectivity index is 1.72. The number of carbonyl (C=O) groups excluding carboxylic acids is 3. The second-order valence-electron chi connectivity index (χ2n) is 14.2. The Kier molecular flexibility index (Phi) is 13.0. The summed E-state index contributed by atoms with van der Waals surface area (Å²) in [5.41, 5.74) is -0.756. The molecule has 0 unspecified atom stereocenters. The van der Waals surface area contributed by atoms with Crippen molar-refractivity contribution in [2.45, 2.75) is 105 Å². The first-order chi connectivity index (χ1) is 23.6. The molecule has 2 bridgehead atoms. The molecule has 0 radical (unpaired) electrons. The van der Waals surface area contributed by atoms with Crippen molar-refractivity contribution in [3.05, 3.63) is 42.4 Å². The van der Waals surface area contributed by atoms with Crippen LogP contribution in [0.3, 0.4) is 0 Å². The van der Waals surface area contributed by atoms with Crippen molar-refractivity contribution in [1.29, 1.82) is 0 Å². The van der Waals surface area contributed by atoms with Crippen LogP contribution >= 0.6 is 0 Å². The summed E-state index contributed by atoms with van der Waals surface area (Å²) in [6.07, 6.45) is 3.87. The van der Waals surface area contributed by atoms with Gasteiger partial charge in [0.15, 0.2) is 5.82 Å². The van der Waals surface area contributed by atoms with Gasteiger partial charge < -0.3 is 24.1 Å². The standard InChI is InChI=1S/C37H53N5O8/c1-10-30-37(9,46)34-24(4)32(41-27(7)43)22(2)16-36(8,26(6)23(3)33(44)25(5)35(45)50-30)49-20-29(19-48-34)39-21-47-18-28-12-13-31(38-17-28)42-15-11-14-40-42/h11-15,17,22-26,30,34,46H,10,16,18-21H2,1-9H3/b39-29+,41-32?/t22-,23-,24+,25-,26-,30-,34-,36-,37-/m1/s1. The van der Waals surface area contributed by atoms with Gasteiger partial charge in [-0.15, -0.1) is 0 Å². The van der Waals surface area contributed by atoms with E-state index in [9.17, 15) is 19.5 Å². The molecule has 13 nitrogen and oxygen atoms in total. The van der Waals surface area contributed by atoms with Crippen LogP contribution in [0.25, 0.3) is 5.82 Å². The zero-order chi connectivity index (χ0) is 36.8. The minimum Gasteiger partial charge on any atom is -0.459 e. The topological polar surface area (TPSA) is 164 Å². The summed E-state index contributed by atoms with van der Waals surface area (Å²) >= 11 is 0. The number of aliphatic hydroxyl groups is 1. The number of pyridine rings is 1. The predicted octanol–water partition coefficient (Wildman–Crippen LogP) is 4.57. The molecule has 2 aliphatic heterocycles. The molecule has 4 rings (SSSR count). The maximum absolute atomic E-state index is 13.7. The second-order valence-corrected chi connectivity index (χ2v) is 14.2. The van der Waals surface area contributed by atoms with Crippen LogP contribution in [-0.4, -0.2) is 92.3 Å². The number of hydrogen-bond acceptors (Lipinski definition) is 11. The van der Waals surface area contributed by atoms with Gasteiger partial charge in [-0.25, -0.2) is 14.7 Å². The van der Waals surface area contributed by atoms with Gasteiger partial charge in [-0.3, -0.25) is 19.4 Å². The highest BCUT2D eigenvalue weighted by Crippen LogP contribution is 2.39. The molecule has 274 valence electrons. The number of cyclic esters (lactones) is 1. The zero-order valence-corrected chi connectivity index (χ0v) is 30.8. The van der Waals surface area contributed by atoms with Crippen molar-refractivity contribution in [3.8, 4) is 5.82 Å². The summed E-state index contributed by atoms with van der Waals surface area (Å²) in [6.45, 7) is 16.1. The number of amides is 1. The summed E-state index contributed by atoms with van der Waals surface area (Å²) < 4.78 is 26.7. The van der Waals surface area contributed by atoms with Crippen molar-refractivity contribution in [2.24, 2.45) is 39.6 Å². The van der Waals surface area contributed by atoms with Crippen molar-refractivity contribution in [1.82, 2.24) is 14.8 Å². The van der Waals surface area contributed by atoms with E-state index >= 15 is 0 Å². The highest BCUT2D eigenvalue weighted by molar-refractivity contribution is 6.00. The van der Waals surface area contributed by atoms with E-state index in [4.69, 9.17) is 23.9 Å². The maximum atomic E-state index is 13.7. The van der Waals surface area contributed by atoms with E-state index in [1.807, 2.05) is 52.1 Å². The Hall–Kier alpha value is -3.65. The minimum atomic E-state index is -1.75. The van der Waals surface area contributed by atoms with Gasteiger partial charge in [-0.2, -0.15) is 5.10 Å². The number of esters is 1. The van der Waals surface area contributed by atoms with E-state index in [2.05, 4.69) is 15.1 Å². The number of aliphatic imine (C=N–C) groups is 2. The third kappa shape index (κ3) is 8.98. The van der Waals surface area contributed by atoms with Gasteiger partial charge >= 0.3 is 5.97 Å². The second kappa shape index (κ2) is 16.6. The summed E-state index contributed by atoms with van der Waals surface area (Å²) in [4.78, 5) is 53.2. The smallest absolute Gasteiger partial charge is 0.316 e. The predicted molar refractivity (Wildman–Crippen MR) is 187 cm³/mol. The molecule has 1 N–H and O–H groups in total. The van der Waals surface area contributed by atoms with Crippen LogP contribution in [0.1, 0.15) is 80.7 Å². The molecule has 0 aromatic carbocycles. The van der Waals surface area contributed by atoms with Crippen LogP contribution in [0.2, 0.25) is 0 Å². The summed E-state index contributed by atoms with van der Waals surface area (Å²) in [7, 11) is 0. The lowest BCUT2D eigenvalue weighted by atomic mass is 9.70. The molecule has 2 aromatic heterocycles. The molecule has 1 amide bonds. The number of hydrogen-bond donors (Lipinski definition) is 1. The fourth-order valence-electron chi connectivity index (χ4n) is 7.14. The van der Waals surface area contributed by atoms with E-state index in [0.29, 0.717) is 23.7 Å². The normalized spacial score (nSPS) is 34.9. The Bertz CT molecular complexity index is 1540. The quantitative estimate of drug-likeness (QED) is 0.257. The molecule has 0 saturated carbocycles. The van der Waals surface area contributed by atoms with Crippen LogP contribution in [0.15, 0.2) is 46.8 Å². The average Bonchev–Trinajstić information content (AvgIpc) is 3.62. The first-order valence-corrected chi connectivity index (χ1v) is 17.4. The highest BCUT2D eigenvalue weighted by atomic mass is 16.6. The van der Waals surface area contributed by atoms with Crippen molar-refractivity contribution >= 4 is 29.1 Å². The largest absolute Gasteiger partial charge is 0.459 e. The molecule has 2 aliphatic rings. The van der Waals surface area contributed by atoms with Gasteiger partial charge in [0.1, 0.15) is 30.1 Å². The SMILES string of the molecule is CC[C@H]1OC(=O)[C@H](C)C(=O)[C@H](C)[C@@H](C)[C@@]2(C)C[C@@H](C)C(=NC(C)=O)[C@H](C)[C@@H](OC/C(=N\COCc3ccc(-n4cccn4)nc3)CO2)[C@]1(C)O. The first-order valence-electron chi connectivity index (χ1n) is 17.4. The minimum absolute atomic E-state index is 0.000884. The molecule has 0 spiro atoms. The molecule has 13 heteroatoms. The third-order valence-electron chi connectivity index (χ3n) is 10.4. The lowest BCUT2D eigenvalue weighted by Gasteiger charge is -2.44. The number of ketones is 1. The Labute approximate surface area is 294 Å². The first kappa shape index (κ1) is 39.1. The zero-order valence-electron chi connectivity index (χ0n) is 30.8.